The van der Waals surface area contributed by atoms with E-state index in [9.17, 15) is 0 Å². The van der Waals surface area contributed by atoms with Gasteiger partial charge in [0.15, 0.2) is 0 Å². The molecular formula is C16H16BrCl. The van der Waals surface area contributed by atoms with Crippen LogP contribution in [-0.2, 0) is 0 Å². The molecular weight excluding hydrogens is 308 g/mol. The molecule has 94 valence electrons. The number of rotatable bonds is 3. The van der Waals surface area contributed by atoms with Crippen LogP contribution in [0, 0.1) is 0 Å². The van der Waals surface area contributed by atoms with Gasteiger partial charge in [-0.2, -0.15) is 0 Å². The number of benzene rings is 2. The lowest BCUT2D eigenvalue weighted by molar-refractivity contribution is 1.05. The minimum absolute atomic E-state index is 0.00593. The number of hydrogen-bond acceptors (Lipinski definition) is 0. The van der Waals surface area contributed by atoms with Crippen LogP contribution in [-0.4, -0.2) is 0 Å². The van der Waals surface area contributed by atoms with E-state index in [0.717, 1.165) is 0 Å². The second-order valence-corrected chi connectivity index (χ2v) is 6.44. The van der Waals surface area contributed by atoms with Gasteiger partial charge in [0.05, 0.1) is 5.38 Å². The predicted octanol–water partition coefficient (Wildman–Crippen LogP) is 6.11. The average Bonchev–Trinajstić information content (AvgIpc) is 2.38. The highest BCUT2D eigenvalue weighted by Crippen LogP contribution is 2.38. The summed E-state index contributed by atoms with van der Waals surface area (Å²) in [5.74, 6) is 0. The highest BCUT2D eigenvalue weighted by Gasteiger charge is 2.16. The summed E-state index contributed by atoms with van der Waals surface area (Å²) in [7, 11) is 0. The van der Waals surface area contributed by atoms with Crippen LogP contribution in [0.25, 0.3) is 11.1 Å². The molecule has 2 aromatic rings. The van der Waals surface area contributed by atoms with Crippen molar-refractivity contribution in [2.24, 2.45) is 0 Å². The van der Waals surface area contributed by atoms with Gasteiger partial charge in [0, 0.05) is 4.83 Å². The first kappa shape index (κ1) is 13.6. The maximum atomic E-state index is 6.32. The van der Waals surface area contributed by atoms with Crippen LogP contribution in [0.1, 0.15) is 35.2 Å². The van der Waals surface area contributed by atoms with Crippen molar-refractivity contribution in [3.63, 3.8) is 0 Å². The van der Waals surface area contributed by atoms with Gasteiger partial charge in [0.1, 0.15) is 0 Å². The lowest BCUT2D eigenvalue weighted by Crippen LogP contribution is -1.97. The molecule has 0 radical (unpaired) electrons. The van der Waals surface area contributed by atoms with E-state index in [1.807, 2.05) is 13.0 Å². The van der Waals surface area contributed by atoms with Crippen LogP contribution in [0.4, 0.5) is 0 Å². The summed E-state index contributed by atoms with van der Waals surface area (Å²) >= 11 is 9.99. The first-order chi connectivity index (χ1) is 8.61. The normalized spacial score (nSPS) is 14.2. The van der Waals surface area contributed by atoms with Crippen molar-refractivity contribution in [3.8, 4) is 11.1 Å². The molecule has 0 N–H and O–H groups in total. The molecule has 0 fully saturated rings. The second-order valence-electron chi connectivity index (χ2n) is 4.41. The maximum Gasteiger partial charge on any atom is 0.0563 e. The molecule has 0 aliphatic rings. The highest BCUT2D eigenvalue weighted by atomic mass is 79.9. The molecule has 0 saturated carbocycles. The topological polar surface area (TPSA) is 0 Å². The van der Waals surface area contributed by atoms with Crippen molar-refractivity contribution in [2.75, 3.05) is 0 Å². The van der Waals surface area contributed by atoms with Crippen LogP contribution < -0.4 is 0 Å². The zero-order valence-electron chi connectivity index (χ0n) is 10.5. The lowest BCUT2D eigenvalue weighted by atomic mass is 9.92. The van der Waals surface area contributed by atoms with Gasteiger partial charge in [-0.15, -0.1) is 11.6 Å². The Labute approximate surface area is 122 Å². The van der Waals surface area contributed by atoms with Crippen molar-refractivity contribution >= 4 is 27.5 Å². The van der Waals surface area contributed by atoms with E-state index in [2.05, 4.69) is 65.3 Å². The lowest BCUT2D eigenvalue weighted by Gasteiger charge is -2.18. The predicted molar refractivity (Wildman–Crippen MR) is 83.5 cm³/mol. The largest absolute Gasteiger partial charge is 0.118 e. The van der Waals surface area contributed by atoms with E-state index in [0.29, 0.717) is 4.83 Å². The fourth-order valence-electron chi connectivity index (χ4n) is 2.19. The fourth-order valence-corrected chi connectivity index (χ4v) is 2.75. The first-order valence-corrected chi connectivity index (χ1v) is 7.43. The van der Waals surface area contributed by atoms with Gasteiger partial charge < -0.3 is 0 Å². The summed E-state index contributed by atoms with van der Waals surface area (Å²) in [4.78, 5) is 0.308. The summed E-state index contributed by atoms with van der Waals surface area (Å²) in [6.07, 6.45) is 0. The van der Waals surface area contributed by atoms with Gasteiger partial charge >= 0.3 is 0 Å². The number of hydrogen-bond donors (Lipinski definition) is 0. The molecule has 2 atom stereocenters. The van der Waals surface area contributed by atoms with Crippen LogP contribution in [0.15, 0.2) is 48.5 Å². The molecule has 0 amide bonds. The average molecular weight is 324 g/mol. The third kappa shape index (κ3) is 2.78. The number of halogens is 2. The van der Waals surface area contributed by atoms with E-state index in [-0.39, 0.29) is 5.38 Å². The van der Waals surface area contributed by atoms with Gasteiger partial charge in [-0.1, -0.05) is 64.5 Å². The monoisotopic (exact) mass is 322 g/mol. The Bertz CT molecular complexity index is 492. The summed E-state index contributed by atoms with van der Waals surface area (Å²) < 4.78 is 0. The molecule has 0 aliphatic carbocycles. The quantitative estimate of drug-likeness (QED) is 0.598. The SMILES string of the molecule is CC(Cl)c1cccc(C(C)Br)c1-c1ccccc1. The summed E-state index contributed by atoms with van der Waals surface area (Å²) in [6.45, 7) is 4.16. The van der Waals surface area contributed by atoms with E-state index in [1.165, 1.54) is 22.3 Å². The van der Waals surface area contributed by atoms with E-state index in [4.69, 9.17) is 11.6 Å². The van der Waals surface area contributed by atoms with Crippen molar-refractivity contribution in [1.29, 1.82) is 0 Å². The molecule has 0 nitrogen and oxygen atoms in total. The Balaban J connectivity index is 2.69. The molecule has 0 aliphatic heterocycles. The smallest absolute Gasteiger partial charge is 0.0563 e. The number of alkyl halides is 2. The Morgan fingerprint density at radius 2 is 1.50 bits per heavy atom. The fraction of sp³-hybridized carbons (Fsp3) is 0.250. The molecule has 0 aromatic heterocycles. The van der Waals surface area contributed by atoms with Crippen molar-refractivity contribution < 1.29 is 0 Å². The highest BCUT2D eigenvalue weighted by molar-refractivity contribution is 9.09. The van der Waals surface area contributed by atoms with E-state index >= 15 is 0 Å². The van der Waals surface area contributed by atoms with E-state index < -0.39 is 0 Å². The van der Waals surface area contributed by atoms with Crippen LogP contribution in [0.2, 0.25) is 0 Å². The van der Waals surface area contributed by atoms with Crippen LogP contribution in [0.3, 0.4) is 0 Å². The molecule has 0 saturated heterocycles. The minimum atomic E-state index is 0.00593. The molecule has 18 heavy (non-hydrogen) atoms. The maximum absolute atomic E-state index is 6.32. The standard InChI is InChI=1S/C16H16BrCl/c1-11(17)14-9-6-10-15(12(2)18)16(14)13-7-4-3-5-8-13/h3-12H,1-2H3. The molecule has 0 spiro atoms. The molecule has 0 bridgehead atoms. The summed E-state index contributed by atoms with van der Waals surface area (Å²) in [6, 6.07) is 16.8. The van der Waals surface area contributed by atoms with Crippen molar-refractivity contribution in [3.05, 3.63) is 59.7 Å². The third-order valence-corrected chi connectivity index (χ3v) is 3.78. The Morgan fingerprint density at radius 3 is 2.06 bits per heavy atom. The van der Waals surface area contributed by atoms with E-state index in [1.54, 1.807) is 0 Å². The Kier molecular flexibility index (Phi) is 4.47. The zero-order chi connectivity index (χ0) is 13.1. The second kappa shape index (κ2) is 5.90. The Morgan fingerprint density at radius 1 is 0.889 bits per heavy atom. The Hall–Kier alpha value is -0.790. The van der Waals surface area contributed by atoms with Gasteiger partial charge in [0.25, 0.3) is 0 Å². The van der Waals surface area contributed by atoms with Crippen molar-refractivity contribution in [1.82, 2.24) is 0 Å². The van der Waals surface area contributed by atoms with Crippen LogP contribution in [0.5, 0.6) is 0 Å². The third-order valence-electron chi connectivity index (χ3n) is 3.05. The van der Waals surface area contributed by atoms with Gasteiger partial charge in [-0.25, -0.2) is 0 Å². The van der Waals surface area contributed by atoms with Crippen molar-refractivity contribution in [2.45, 2.75) is 24.1 Å². The minimum Gasteiger partial charge on any atom is -0.118 e. The zero-order valence-corrected chi connectivity index (χ0v) is 12.9. The molecule has 0 heterocycles. The molecule has 2 rings (SSSR count). The summed E-state index contributed by atoms with van der Waals surface area (Å²) in [5.41, 5.74) is 4.95. The molecule has 2 unspecified atom stereocenters. The van der Waals surface area contributed by atoms with Gasteiger partial charge in [-0.05, 0) is 36.1 Å². The van der Waals surface area contributed by atoms with Gasteiger partial charge in [-0.3, -0.25) is 0 Å². The van der Waals surface area contributed by atoms with Gasteiger partial charge in [0.2, 0.25) is 0 Å². The molecule has 2 aromatic carbocycles. The first-order valence-electron chi connectivity index (χ1n) is 6.07. The molecule has 2 heteroatoms. The summed E-state index contributed by atoms with van der Waals surface area (Å²) in [5, 5.41) is 0.00593. The van der Waals surface area contributed by atoms with Crippen LogP contribution >= 0.6 is 27.5 Å².